The van der Waals surface area contributed by atoms with Crippen LogP contribution in [0.25, 0.3) is 10.6 Å². The fourth-order valence-corrected chi connectivity index (χ4v) is 2.75. The second-order valence-electron chi connectivity index (χ2n) is 4.46. The molecule has 0 aliphatic carbocycles. The normalized spacial score (nSPS) is 10.5. The summed E-state index contributed by atoms with van der Waals surface area (Å²) in [6, 6.07) is 11.6. The first-order valence-electron chi connectivity index (χ1n) is 6.63. The number of nitrogens with zero attached hydrogens (tertiary/aromatic N) is 2. The maximum atomic E-state index is 12.1. The fraction of sp³-hybridized carbons (Fsp3) is 0.133. The maximum Gasteiger partial charge on any atom is 0.280 e. The number of nitrogens with one attached hydrogen (secondary N) is 2. The van der Waals surface area contributed by atoms with Crippen LogP contribution in [-0.4, -0.2) is 15.2 Å². The van der Waals surface area contributed by atoms with Gasteiger partial charge in [-0.2, -0.15) is 0 Å². The van der Waals surface area contributed by atoms with Gasteiger partial charge in [0.2, 0.25) is 5.95 Å². The Balaban J connectivity index is 1.91. The fourth-order valence-electron chi connectivity index (χ4n) is 2.05. The molecule has 5 nitrogen and oxygen atoms in total. The Morgan fingerprint density at radius 3 is 2.76 bits per heavy atom. The molecule has 0 spiro atoms. The average Bonchev–Trinajstić information content (AvgIpc) is 3.02. The quantitative estimate of drug-likeness (QED) is 0.776. The first-order valence-corrected chi connectivity index (χ1v) is 7.51. The molecule has 0 atom stereocenters. The lowest BCUT2D eigenvalue weighted by atomic mass is 10.1. The molecule has 2 N–H and O–H groups in total. The van der Waals surface area contributed by atoms with Crippen LogP contribution in [0.1, 0.15) is 12.5 Å². The highest BCUT2D eigenvalue weighted by molar-refractivity contribution is 7.13. The Labute approximate surface area is 125 Å². The molecule has 0 amide bonds. The van der Waals surface area contributed by atoms with Gasteiger partial charge in [0.1, 0.15) is 0 Å². The van der Waals surface area contributed by atoms with Crippen molar-refractivity contribution in [2.24, 2.45) is 0 Å². The minimum Gasteiger partial charge on any atom is -0.324 e. The van der Waals surface area contributed by atoms with Gasteiger partial charge in [-0.25, -0.2) is 0 Å². The molecule has 3 aromatic rings. The molecular weight excluding hydrogens is 284 g/mol. The standard InChI is InChI=1S/C15H14N4OS/c1-2-10-6-3-4-7-11(10)16-15-17-14(20)13(18-19-15)12-8-5-9-21-12/h3-9H,2H2,1H3,(H2,16,17,19,20). The van der Waals surface area contributed by atoms with Crippen molar-refractivity contribution in [3.8, 4) is 10.6 Å². The summed E-state index contributed by atoms with van der Waals surface area (Å²) >= 11 is 1.46. The molecule has 0 saturated carbocycles. The van der Waals surface area contributed by atoms with Gasteiger partial charge in [0, 0.05) is 5.69 Å². The second kappa shape index (κ2) is 5.88. The number of H-pyrrole nitrogens is 1. The third-order valence-electron chi connectivity index (χ3n) is 3.10. The van der Waals surface area contributed by atoms with E-state index >= 15 is 0 Å². The van der Waals surface area contributed by atoms with Gasteiger partial charge in [0.25, 0.3) is 5.56 Å². The summed E-state index contributed by atoms with van der Waals surface area (Å²) in [5.41, 5.74) is 2.18. The summed E-state index contributed by atoms with van der Waals surface area (Å²) in [7, 11) is 0. The zero-order valence-corrected chi connectivity index (χ0v) is 12.3. The number of aryl methyl sites for hydroxylation is 1. The highest BCUT2D eigenvalue weighted by Gasteiger charge is 2.09. The molecular formula is C15H14N4OS. The van der Waals surface area contributed by atoms with Crippen molar-refractivity contribution in [2.75, 3.05) is 5.32 Å². The van der Waals surface area contributed by atoms with Crippen LogP contribution >= 0.6 is 11.3 Å². The van der Waals surface area contributed by atoms with Crippen LogP contribution in [-0.2, 0) is 6.42 Å². The van der Waals surface area contributed by atoms with E-state index in [0.29, 0.717) is 11.6 Å². The molecule has 0 fully saturated rings. The number of aromatic amines is 1. The Morgan fingerprint density at radius 1 is 1.19 bits per heavy atom. The third kappa shape index (κ3) is 2.85. The van der Waals surface area contributed by atoms with Gasteiger partial charge in [-0.1, -0.05) is 31.2 Å². The SMILES string of the molecule is CCc1ccccc1Nc1nnc(-c2cccs2)c(=O)[nH]1. The van der Waals surface area contributed by atoms with E-state index in [-0.39, 0.29) is 5.56 Å². The minimum absolute atomic E-state index is 0.246. The molecule has 0 aliphatic rings. The van der Waals surface area contributed by atoms with E-state index in [1.807, 2.05) is 41.8 Å². The predicted molar refractivity (Wildman–Crippen MR) is 85.1 cm³/mol. The Hall–Kier alpha value is -2.47. The molecule has 0 unspecified atom stereocenters. The molecule has 0 saturated heterocycles. The molecule has 1 aromatic carbocycles. The van der Waals surface area contributed by atoms with Crippen LogP contribution in [0.4, 0.5) is 11.6 Å². The number of anilines is 2. The van der Waals surface area contributed by atoms with E-state index in [2.05, 4.69) is 27.4 Å². The summed E-state index contributed by atoms with van der Waals surface area (Å²) in [5.74, 6) is 0.348. The largest absolute Gasteiger partial charge is 0.324 e. The van der Waals surface area contributed by atoms with Crippen molar-refractivity contribution in [3.63, 3.8) is 0 Å². The van der Waals surface area contributed by atoms with Crippen molar-refractivity contribution >= 4 is 23.0 Å². The molecule has 2 aromatic heterocycles. The molecule has 106 valence electrons. The lowest BCUT2D eigenvalue weighted by molar-refractivity contribution is 0.962. The molecule has 21 heavy (non-hydrogen) atoms. The predicted octanol–water partition coefficient (Wildman–Crippen LogP) is 3.20. The van der Waals surface area contributed by atoms with Crippen molar-refractivity contribution in [1.29, 1.82) is 0 Å². The Kier molecular flexibility index (Phi) is 3.79. The van der Waals surface area contributed by atoms with E-state index < -0.39 is 0 Å². The van der Waals surface area contributed by atoms with E-state index in [4.69, 9.17) is 0 Å². The molecule has 0 aliphatic heterocycles. The Morgan fingerprint density at radius 2 is 2.05 bits per heavy atom. The van der Waals surface area contributed by atoms with E-state index in [0.717, 1.165) is 22.5 Å². The van der Waals surface area contributed by atoms with Crippen LogP contribution in [0.15, 0.2) is 46.6 Å². The lowest BCUT2D eigenvalue weighted by Gasteiger charge is -2.09. The second-order valence-corrected chi connectivity index (χ2v) is 5.41. The first kappa shape index (κ1) is 13.5. The van der Waals surface area contributed by atoms with E-state index in [9.17, 15) is 4.79 Å². The number of aromatic nitrogens is 3. The van der Waals surface area contributed by atoms with Gasteiger partial charge in [0.15, 0.2) is 5.69 Å². The van der Waals surface area contributed by atoms with Crippen molar-refractivity contribution in [3.05, 3.63) is 57.7 Å². The van der Waals surface area contributed by atoms with E-state index in [1.165, 1.54) is 11.3 Å². The molecule has 6 heteroatoms. The number of hydrogen-bond acceptors (Lipinski definition) is 5. The summed E-state index contributed by atoms with van der Waals surface area (Å²) in [6.07, 6.45) is 0.897. The lowest BCUT2D eigenvalue weighted by Crippen LogP contribution is -2.15. The minimum atomic E-state index is -0.246. The van der Waals surface area contributed by atoms with E-state index in [1.54, 1.807) is 0 Å². The highest BCUT2D eigenvalue weighted by atomic mass is 32.1. The van der Waals surface area contributed by atoms with Gasteiger partial charge >= 0.3 is 0 Å². The summed E-state index contributed by atoms with van der Waals surface area (Å²) in [4.78, 5) is 15.6. The number of para-hydroxylation sites is 1. The summed E-state index contributed by atoms with van der Waals surface area (Å²) < 4.78 is 0. The highest BCUT2D eigenvalue weighted by Crippen LogP contribution is 2.20. The third-order valence-corrected chi connectivity index (χ3v) is 3.98. The molecule has 0 radical (unpaired) electrons. The van der Waals surface area contributed by atoms with Crippen LogP contribution in [0.3, 0.4) is 0 Å². The van der Waals surface area contributed by atoms with Crippen LogP contribution in [0.5, 0.6) is 0 Å². The van der Waals surface area contributed by atoms with Gasteiger partial charge in [-0.3, -0.25) is 9.78 Å². The number of benzene rings is 1. The smallest absolute Gasteiger partial charge is 0.280 e. The summed E-state index contributed by atoms with van der Waals surface area (Å²) in [5, 5.41) is 13.1. The molecule has 2 heterocycles. The Bertz CT molecular complexity index is 795. The van der Waals surface area contributed by atoms with Gasteiger partial charge in [-0.05, 0) is 29.5 Å². The van der Waals surface area contributed by atoms with Crippen LogP contribution < -0.4 is 10.9 Å². The summed E-state index contributed by atoms with van der Waals surface area (Å²) in [6.45, 7) is 2.08. The topological polar surface area (TPSA) is 70.7 Å². The van der Waals surface area contributed by atoms with Crippen molar-refractivity contribution in [1.82, 2.24) is 15.2 Å². The average molecular weight is 298 g/mol. The van der Waals surface area contributed by atoms with Crippen molar-refractivity contribution < 1.29 is 0 Å². The monoisotopic (exact) mass is 298 g/mol. The molecule has 0 bridgehead atoms. The first-order chi connectivity index (χ1) is 10.3. The number of rotatable bonds is 4. The zero-order valence-electron chi connectivity index (χ0n) is 11.5. The van der Waals surface area contributed by atoms with Crippen LogP contribution in [0, 0.1) is 0 Å². The number of hydrogen-bond donors (Lipinski definition) is 2. The zero-order chi connectivity index (χ0) is 14.7. The van der Waals surface area contributed by atoms with Gasteiger partial charge in [0.05, 0.1) is 4.88 Å². The van der Waals surface area contributed by atoms with Gasteiger partial charge in [-0.15, -0.1) is 21.5 Å². The molecule has 3 rings (SSSR count). The maximum absolute atomic E-state index is 12.1. The van der Waals surface area contributed by atoms with Crippen molar-refractivity contribution in [2.45, 2.75) is 13.3 Å². The number of thiophene rings is 1. The van der Waals surface area contributed by atoms with Crippen LogP contribution in [0.2, 0.25) is 0 Å². The van der Waals surface area contributed by atoms with Gasteiger partial charge < -0.3 is 5.32 Å².